The minimum absolute atomic E-state index is 0.115. The maximum atomic E-state index is 12.8. The van der Waals surface area contributed by atoms with Crippen LogP contribution < -0.4 is 0 Å². The van der Waals surface area contributed by atoms with Crippen molar-refractivity contribution in [2.24, 2.45) is 11.3 Å². The zero-order chi connectivity index (χ0) is 19.0. The van der Waals surface area contributed by atoms with E-state index >= 15 is 0 Å². The Morgan fingerprint density at radius 3 is 1.84 bits per heavy atom. The molecule has 150 valence electrons. The molecular formula is C22H46O2Si. The van der Waals surface area contributed by atoms with Crippen molar-refractivity contribution in [3.63, 3.8) is 0 Å². The quantitative estimate of drug-likeness (QED) is 0.220. The monoisotopic (exact) mass is 370 g/mol. The maximum Gasteiger partial charge on any atom is 0.298 e. The molecule has 0 rings (SSSR count). The van der Waals surface area contributed by atoms with Gasteiger partial charge in [-0.1, -0.05) is 98.3 Å². The number of hydrogen-bond acceptors (Lipinski definition) is 2. The summed E-state index contributed by atoms with van der Waals surface area (Å²) < 4.78 is 5.46. The van der Waals surface area contributed by atoms with Crippen LogP contribution in [0.25, 0.3) is 0 Å². The fourth-order valence-electron chi connectivity index (χ4n) is 4.37. The van der Waals surface area contributed by atoms with Crippen LogP contribution in [0.5, 0.6) is 0 Å². The van der Waals surface area contributed by atoms with Crippen LogP contribution in [0.4, 0.5) is 0 Å². The van der Waals surface area contributed by atoms with Crippen LogP contribution in [0.1, 0.15) is 124 Å². The van der Waals surface area contributed by atoms with Gasteiger partial charge in [0.05, 0.1) is 5.41 Å². The minimum Gasteiger partial charge on any atom is -0.528 e. The minimum atomic E-state index is -0.214. The topological polar surface area (TPSA) is 26.3 Å². The summed E-state index contributed by atoms with van der Waals surface area (Å²) in [5, 5.41) is 0. The van der Waals surface area contributed by atoms with E-state index in [4.69, 9.17) is 4.43 Å². The van der Waals surface area contributed by atoms with Crippen molar-refractivity contribution >= 4 is 16.5 Å². The van der Waals surface area contributed by atoms with Gasteiger partial charge in [0.25, 0.3) is 5.97 Å². The first-order chi connectivity index (χ1) is 12.1. The average Bonchev–Trinajstić information content (AvgIpc) is 2.63. The highest BCUT2D eigenvalue weighted by Gasteiger charge is 2.43. The molecule has 0 saturated carbocycles. The van der Waals surface area contributed by atoms with Crippen LogP contribution in [0.15, 0.2) is 0 Å². The number of hydrogen-bond donors (Lipinski definition) is 0. The molecule has 0 radical (unpaired) electrons. The lowest BCUT2D eigenvalue weighted by Gasteiger charge is -2.38. The highest BCUT2D eigenvalue weighted by atomic mass is 28.2. The van der Waals surface area contributed by atoms with Gasteiger partial charge in [-0.3, -0.25) is 4.79 Å². The molecule has 0 aromatic heterocycles. The fraction of sp³-hybridized carbons (Fsp3) is 0.955. The van der Waals surface area contributed by atoms with E-state index in [-0.39, 0.29) is 11.4 Å². The molecule has 2 atom stereocenters. The highest BCUT2D eigenvalue weighted by molar-refractivity contribution is 6.06. The van der Waals surface area contributed by atoms with Gasteiger partial charge < -0.3 is 4.43 Å². The Kier molecular flexibility index (Phi) is 15.7. The molecule has 25 heavy (non-hydrogen) atoms. The maximum absolute atomic E-state index is 12.8. The number of carbonyl (C=O) groups excluding carboxylic acids is 1. The summed E-state index contributed by atoms with van der Waals surface area (Å²) in [7, 11) is 0.526. The standard InChI is InChI=1S/C22H46O2Si/c1-5-9-11-13-15-18-20(17-7-3)22(8-4,21(23)24-25)19-16-14-12-10-6-2/h20H,5-19H2,1-4,25H3. The zero-order valence-electron chi connectivity index (χ0n) is 18.0. The van der Waals surface area contributed by atoms with Crippen LogP contribution in [-0.2, 0) is 9.22 Å². The lowest BCUT2D eigenvalue weighted by atomic mass is 9.66. The first-order valence-corrected chi connectivity index (χ1v) is 12.0. The van der Waals surface area contributed by atoms with E-state index in [1.165, 1.54) is 83.5 Å². The summed E-state index contributed by atoms with van der Waals surface area (Å²) in [5.41, 5.74) is -0.214. The summed E-state index contributed by atoms with van der Waals surface area (Å²) in [4.78, 5) is 12.8. The Morgan fingerprint density at radius 1 is 0.800 bits per heavy atom. The molecule has 2 unspecified atom stereocenters. The number of rotatable bonds is 17. The van der Waals surface area contributed by atoms with Crippen molar-refractivity contribution < 1.29 is 9.22 Å². The Hall–Kier alpha value is -0.313. The molecule has 2 nitrogen and oxygen atoms in total. The molecule has 0 aliphatic carbocycles. The highest BCUT2D eigenvalue weighted by Crippen LogP contribution is 2.43. The summed E-state index contributed by atoms with van der Waals surface area (Å²) in [6.07, 6.45) is 18.5. The second-order valence-corrected chi connectivity index (χ2v) is 8.26. The van der Waals surface area contributed by atoms with Gasteiger partial charge in [0.15, 0.2) is 0 Å². The molecule has 0 aliphatic rings. The first kappa shape index (κ1) is 24.7. The molecule has 0 N–H and O–H groups in total. The molecule has 3 heteroatoms. The third-order valence-electron chi connectivity index (χ3n) is 6.02. The van der Waals surface area contributed by atoms with Gasteiger partial charge >= 0.3 is 0 Å². The molecule has 0 aromatic rings. The van der Waals surface area contributed by atoms with Gasteiger partial charge in [0.1, 0.15) is 0 Å². The van der Waals surface area contributed by atoms with Crippen LogP contribution in [0.3, 0.4) is 0 Å². The number of unbranched alkanes of at least 4 members (excludes halogenated alkanes) is 8. The van der Waals surface area contributed by atoms with E-state index < -0.39 is 0 Å². The van der Waals surface area contributed by atoms with E-state index in [9.17, 15) is 4.79 Å². The zero-order valence-corrected chi connectivity index (χ0v) is 20.0. The third-order valence-corrected chi connectivity index (χ3v) is 6.39. The Morgan fingerprint density at radius 2 is 1.36 bits per heavy atom. The lowest BCUT2D eigenvalue weighted by molar-refractivity contribution is -0.151. The van der Waals surface area contributed by atoms with Gasteiger partial charge in [-0.2, -0.15) is 0 Å². The van der Waals surface area contributed by atoms with Crippen molar-refractivity contribution in [2.75, 3.05) is 0 Å². The Labute approximate surface area is 161 Å². The van der Waals surface area contributed by atoms with Gasteiger partial charge in [-0.15, -0.1) is 0 Å². The predicted octanol–water partition coefficient (Wildman–Crippen LogP) is 6.34. The second kappa shape index (κ2) is 15.9. The lowest BCUT2D eigenvalue weighted by Crippen LogP contribution is -2.39. The molecule has 0 bridgehead atoms. The molecule has 0 saturated heterocycles. The van der Waals surface area contributed by atoms with E-state index in [0.29, 0.717) is 16.4 Å². The molecule has 0 spiro atoms. The van der Waals surface area contributed by atoms with Crippen molar-refractivity contribution in [3.05, 3.63) is 0 Å². The van der Waals surface area contributed by atoms with E-state index in [2.05, 4.69) is 27.7 Å². The summed E-state index contributed by atoms with van der Waals surface area (Å²) in [6, 6.07) is 0. The molecule has 0 heterocycles. The summed E-state index contributed by atoms with van der Waals surface area (Å²) in [5.74, 6) is 0.626. The van der Waals surface area contributed by atoms with E-state index in [1.807, 2.05) is 0 Å². The van der Waals surface area contributed by atoms with Gasteiger partial charge in [-0.05, 0) is 31.6 Å². The SMILES string of the molecule is CCCCCCCC(CCC)C(CC)(CCCCCCC)C(=O)O[SiH3]. The largest absolute Gasteiger partial charge is 0.528 e. The van der Waals surface area contributed by atoms with Crippen molar-refractivity contribution in [2.45, 2.75) is 124 Å². The van der Waals surface area contributed by atoms with Crippen molar-refractivity contribution in [1.82, 2.24) is 0 Å². The molecule has 0 aromatic carbocycles. The van der Waals surface area contributed by atoms with Gasteiger partial charge in [-0.25, -0.2) is 0 Å². The first-order valence-electron chi connectivity index (χ1n) is 11.2. The molecule has 0 aliphatic heterocycles. The van der Waals surface area contributed by atoms with Crippen LogP contribution in [0.2, 0.25) is 0 Å². The van der Waals surface area contributed by atoms with E-state index in [0.717, 1.165) is 12.8 Å². The smallest absolute Gasteiger partial charge is 0.298 e. The normalized spacial score (nSPS) is 15.0. The molecule has 0 fully saturated rings. The molecular weight excluding hydrogens is 324 g/mol. The number of carbonyl (C=O) groups is 1. The van der Waals surface area contributed by atoms with Crippen LogP contribution in [0, 0.1) is 11.3 Å². The van der Waals surface area contributed by atoms with Crippen molar-refractivity contribution in [1.29, 1.82) is 0 Å². The predicted molar refractivity (Wildman–Crippen MR) is 114 cm³/mol. The second-order valence-electron chi connectivity index (χ2n) is 7.85. The Balaban J connectivity index is 4.90. The molecule has 0 amide bonds. The summed E-state index contributed by atoms with van der Waals surface area (Å²) >= 11 is 0. The Bertz CT molecular complexity index is 319. The van der Waals surface area contributed by atoms with Gasteiger partial charge in [0.2, 0.25) is 10.5 Å². The van der Waals surface area contributed by atoms with Crippen molar-refractivity contribution in [3.8, 4) is 0 Å². The average molecular weight is 371 g/mol. The van der Waals surface area contributed by atoms with Gasteiger partial charge in [0, 0.05) is 0 Å². The van der Waals surface area contributed by atoms with E-state index in [1.54, 1.807) is 0 Å². The fourth-order valence-corrected chi connectivity index (χ4v) is 4.78. The van der Waals surface area contributed by atoms with Crippen LogP contribution >= 0.6 is 0 Å². The summed E-state index contributed by atoms with van der Waals surface area (Å²) in [6.45, 7) is 8.99. The van der Waals surface area contributed by atoms with Crippen LogP contribution in [-0.4, -0.2) is 16.5 Å². The third kappa shape index (κ3) is 9.26.